The molecule has 16 unspecified atom stereocenters. The highest BCUT2D eigenvalue weighted by Gasteiger charge is 2.53. The van der Waals surface area contributed by atoms with Crippen molar-refractivity contribution in [3.63, 3.8) is 0 Å². The minimum Gasteiger partial charge on any atom is -0.571 e. The number of esters is 1. The molecule has 0 spiro atoms. The second-order valence-electron chi connectivity index (χ2n) is 15.5. The fourth-order valence-electron chi connectivity index (χ4n) is 7.42. The van der Waals surface area contributed by atoms with Gasteiger partial charge in [0.05, 0.1) is 24.8 Å². The zero-order valence-electron chi connectivity index (χ0n) is 33.8. The topological polar surface area (TPSA) is 378 Å². The Morgan fingerprint density at radius 2 is 1.25 bits per heavy atom. The molecular weight excluding hydrogens is 872 g/mol. The summed E-state index contributed by atoms with van der Waals surface area (Å²) in [4.78, 5) is 12.8. The molecule has 0 amide bonds. The SMILES string of the molecule is O=C(C=Cc1ccc(O)cc1)OCC1OC(OC2=Cc3c(OC4OC(CO)C(O)C(O)C4O)cc(O)cc3[OH+]C2c2ccc(O)c(O)c2)C(OC2OC(CO)C(O)C(O)C2O)C(O)C1O. The van der Waals surface area contributed by atoms with Gasteiger partial charge in [-0.3, -0.25) is 0 Å². The minimum atomic E-state index is -2.05. The van der Waals surface area contributed by atoms with E-state index in [9.17, 15) is 76.3 Å². The molecule has 0 radical (unpaired) electrons. The number of rotatable bonds is 13. The third-order valence-corrected chi connectivity index (χ3v) is 11.1. The van der Waals surface area contributed by atoms with E-state index >= 15 is 0 Å². The summed E-state index contributed by atoms with van der Waals surface area (Å²) in [5, 5.41) is 147. The van der Waals surface area contributed by atoms with Crippen molar-refractivity contribution in [3.8, 4) is 34.5 Å². The summed E-state index contributed by atoms with van der Waals surface area (Å²) in [5.74, 6) is -3.03. The van der Waals surface area contributed by atoms with E-state index in [1.54, 1.807) is 0 Å². The molecule has 16 atom stereocenters. The average molecular weight is 922 g/mol. The second kappa shape index (κ2) is 20.0. The predicted octanol–water partition coefficient (Wildman–Crippen LogP) is -3.07. The van der Waals surface area contributed by atoms with Gasteiger partial charge in [0.2, 0.25) is 12.6 Å². The van der Waals surface area contributed by atoms with Gasteiger partial charge in [-0.2, -0.15) is 0 Å². The first-order valence-electron chi connectivity index (χ1n) is 20.0. The normalized spacial score (nSPS) is 34.8. The highest BCUT2D eigenvalue weighted by atomic mass is 16.8. The van der Waals surface area contributed by atoms with Crippen LogP contribution in [0.15, 0.2) is 66.4 Å². The Morgan fingerprint density at radius 1 is 0.631 bits per heavy atom. The van der Waals surface area contributed by atoms with Crippen LogP contribution < -0.4 is 4.74 Å². The Morgan fingerprint density at radius 3 is 1.89 bits per heavy atom. The third-order valence-electron chi connectivity index (χ3n) is 11.1. The number of hydrogen-bond acceptors (Lipinski definition) is 22. The third kappa shape index (κ3) is 10.2. The van der Waals surface area contributed by atoms with E-state index in [1.165, 1.54) is 48.6 Å². The standard InChI is InChI=1S/C42H48O23/c43-13-26-30(50)33(53)36(56)40(62-26)60-24-11-19(46)10-23-20(24)12-25(38(59-23)17-4-7-21(47)22(48)9-17)61-42-39(65-41-37(57)34(54)31(51)27(14-44)63-41)35(55)32(52)28(64-42)15-58-29(49)8-3-16-1-5-18(45)6-2-16/h1-12,26-28,30-48,50-57H,13-15H2/p+1. The molecule has 3 saturated heterocycles. The molecule has 4 aliphatic heterocycles. The van der Waals surface area contributed by atoms with Gasteiger partial charge < -0.3 is 109 Å². The van der Waals surface area contributed by atoms with Crippen molar-refractivity contribution in [2.45, 2.75) is 98.2 Å². The quantitative estimate of drug-likeness (QED) is 0.0350. The van der Waals surface area contributed by atoms with Gasteiger partial charge in [-0.15, -0.1) is 0 Å². The van der Waals surface area contributed by atoms with Gasteiger partial charge in [0.25, 0.3) is 11.9 Å². The van der Waals surface area contributed by atoms with Crippen molar-refractivity contribution in [1.29, 1.82) is 0 Å². The maximum atomic E-state index is 12.8. The van der Waals surface area contributed by atoms with Crippen LogP contribution in [0.1, 0.15) is 22.8 Å². The van der Waals surface area contributed by atoms with Crippen LogP contribution in [0.25, 0.3) is 12.2 Å². The fourth-order valence-corrected chi connectivity index (χ4v) is 7.42. The van der Waals surface area contributed by atoms with Crippen LogP contribution >= 0.6 is 0 Å². The van der Waals surface area contributed by atoms with Crippen LogP contribution in [0.2, 0.25) is 0 Å². The zero-order chi connectivity index (χ0) is 46.9. The van der Waals surface area contributed by atoms with Gasteiger partial charge in [-0.05, 0) is 42.0 Å². The van der Waals surface area contributed by atoms with Crippen LogP contribution in [-0.4, -0.2) is 194 Å². The molecule has 0 saturated carbocycles. The molecule has 7 rings (SSSR count). The van der Waals surface area contributed by atoms with E-state index in [-0.39, 0.29) is 34.1 Å². The zero-order valence-corrected chi connectivity index (χ0v) is 33.8. The summed E-state index contributed by atoms with van der Waals surface area (Å²) < 4.78 is 45.2. The van der Waals surface area contributed by atoms with Crippen molar-refractivity contribution < 1.29 is 114 Å². The molecule has 0 aromatic heterocycles. The van der Waals surface area contributed by atoms with Gasteiger partial charge in [-0.1, -0.05) is 12.1 Å². The second-order valence-corrected chi connectivity index (χ2v) is 15.5. The maximum Gasteiger partial charge on any atom is 0.330 e. The first kappa shape index (κ1) is 47.6. The van der Waals surface area contributed by atoms with Crippen molar-refractivity contribution >= 4 is 18.1 Å². The van der Waals surface area contributed by atoms with E-state index in [4.69, 9.17) is 33.2 Å². The molecular formula is C42H49O23+. The lowest BCUT2D eigenvalue weighted by molar-refractivity contribution is -0.364. The number of phenols is 4. The van der Waals surface area contributed by atoms with Crippen LogP contribution in [0.5, 0.6) is 34.5 Å². The van der Waals surface area contributed by atoms with Crippen molar-refractivity contribution in [2.24, 2.45) is 0 Å². The van der Waals surface area contributed by atoms with E-state index in [0.717, 1.165) is 24.3 Å². The Kier molecular flexibility index (Phi) is 14.7. The highest BCUT2D eigenvalue weighted by Crippen LogP contribution is 2.47. The number of aliphatic hydroxyl groups excluding tert-OH is 10. The lowest BCUT2D eigenvalue weighted by atomic mass is 9.97. The van der Waals surface area contributed by atoms with Crippen molar-refractivity contribution in [2.75, 3.05) is 19.8 Å². The molecule has 3 fully saturated rings. The van der Waals surface area contributed by atoms with Gasteiger partial charge in [0.1, 0.15) is 96.6 Å². The first-order chi connectivity index (χ1) is 31.0. The molecule has 15 N–H and O–H groups in total. The van der Waals surface area contributed by atoms with Crippen LogP contribution in [0.3, 0.4) is 0 Å². The number of aromatic hydroxyl groups is 5. The number of fused-ring (bicyclic) bond motifs is 1. The lowest BCUT2D eigenvalue weighted by Crippen LogP contribution is -2.64. The summed E-state index contributed by atoms with van der Waals surface area (Å²) in [7, 11) is 0. The van der Waals surface area contributed by atoms with Crippen molar-refractivity contribution in [1.82, 2.24) is 0 Å². The van der Waals surface area contributed by atoms with Gasteiger partial charge >= 0.3 is 5.97 Å². The Balaban J connectivity index is 1.25. The molecule has 4 heterocycles. The number of hydrogen-bond donors (Lipinski definition) is 14. The molecule has 0 bridgehead atoms. The van der Waals surface area contributed by atoms with E-state index < -0.39 is 141 Å². The summed E-state index contributed by atoms with van der Waals surface area (Å²) in [6.07, 6.45) is -24.9. The van der Waals surface area contributed by atoms with Gasteiger partial charge in [0.15, 0.2) is 29.7 Å². The smallest absolute Gasteiger partial charge is 0.330 e. The molecule has 23 nitrogen and oxygen atoms in total. The Bertz CT molecular complexity index is 2180. The van der Waals surface area contributed by atoms with E-state index in [1.807, 2.05) is 0 Å². The predicted molar refractivity (Wildman–Crippen MR) is 213 cm³/mol. The van der Waals surface area contributed by atoms with Crippen LogP contribution in [0.4, 0.5) is 0 Å². The van der Waals surface area contributed by atoms with E-state index in [0.29, 0.717) is 5.56 Å². The number of ether oxygens (including phenoxy) is 8. The molecule has 23 heteroatoms. The monoisotopic (exact) mass is 921 g/mol. The molecule has 354 valence electrons. The van der Waals surface area contributed by atoms with Gasteiger partial charge in [-0.25, -0.2) is 4.79 Å². The fraction of sp³-hybridized carbons (Fsp3) is 0.452. The van der Waals surface area contributed by atoms with Crippen molar-refractivity contribution in [3.05, 3.63) is 83.1 Å². The summed E-state index contributed by atoms with van der Waals surface area (Å²) in [5.41, 5.74) is 0.639. The lowest BCUT2D eigenvalue weighted by Gasteiger charge is -2.46. The minimum absolute atomic E-state index is 0.00660. The summed E-state index contributed by atoms with van der Waals surface area (Å²) >= 11 is 0. The van der Waals surface area contributed by atoms with Gasteiger partial charge in [0, 0.05) is 18.2 Å². The number of phenolic OH excluding ortho intramolecular Hbond substituents is 4. The molecule has 65 heavy (non-hydrogen) atoms. The largest absolute Gasteiger partial charge is 0.571 e. The average Bonchev–Trinajstić information content (AvgIpc) is 3.29. The molecule has 3 aromatic carbocycles. The Labute approximate surface area is 367 Å². The first-order valence-corrected chi connectivity index (χ1v) is 20.0. The molecule has 0 aliphatic carbocycles. The number of carbonyl (C=O) groups is 1. The maximum absolute atomic E-state index is 12.8. The number of benzene rings is 3. The number of carbonyl (C=O) groups excluding carboxylic acids is 1. The van der Waals surface area contributed by atoms with Crippen LogP contribution in [-0.2, 0) is 33.2 Å². The highest BCUT2D eigenvalue weighted by molar-refractivity contribution is 5.87. The molecule has 3 aromatic rings. The van der Waals surface area contributed by atoms with Crippen LogP contribution in [0, 0.1) is 0 Å². The molecule has 4 aliphatic rings. The summed E-state index contributed by atoms with van der Waals surface area (Å²) in [6, 6.07) is 11.7. The summed E-state index contributed by atoms with van der Waals surface area (Å²) in [6.45, 7) is -2.37. The number of aliphatic hydroxyl groups is 11. The Hall–Kier alpha value is -5.35. The van der Waals surface area contributed by atoms with E-state index in [2.05, 4.69) is 4.74 Å².